The number of rotatable bonds is 1. The summed E-state index contributed by atoms with van der Waals surface area (Å²) in [6.07, 6.45) is 0. The fourth-order valence-corrected chi connectivity index (χ4v) is 5.97. The minimum atomic E-state index is 0.548. The van der Waals surface area contributed by atoms with E-state index in [0.717, 1.165) is 43.8 Å². The maximum absolute atomic E-state index is 5.70. The molecule has 2 aliphatic heterocycles. The number of benzene rings is 4. The van der Waals surface area contributed by atoms with Gasteiger partial charge in [0.2, 0.25) is 0 Å². The van der Waals surface area contributed by atoms with E-state index >= 15 is 0 Å². The number of nitrogens with one attached hydrogen (secondary N) is 2. The van der Waals surface area contributed by atoms with Crippen LogP contribution in [0.4, 0.5) is 0 Å². The van der Waals surface area contributed by atoms with Gasteiger partial charge in [0, 0.05) is 0 Å². The molecule has 7 aromatic rings. The van der Waals surface area contributed by atoms with Crippen LogP contribution in [-0.4, -0.2) is 39.9 Å². The van der Waals surface area contributed by atoms with Crippen molar-refractivity contribution in [3.05, 3.63) is 91.0 Å². The quantitative estimate of drug-likeness (QED) is 0.222. The normalized spacial score (nSPS) is 11.9. The summed E-state index contributed by atoms with van der Waals surface area (Å²) in [5, 5.41) is 3.53. The third kappa shape index (κ3) is 3.38. The number of nitrogens with zero attached hydrogens (tertiary/aromatic N) is 6. The van der Waals surface area contributed by atoms with Gasteiger partial charge in [-0.15, -0.1) is 0 Å². The molecule has 4 aromatic carbocycles. The van der Waals surface area contributed by atoms with Gasteiger partial charge in [-0.3, -0.25) is 0 Å². The number of aromatic nitrogens is 8. The van der Waals surface area contributed by atoms with Gasteiger partial charge in [0.05, 0.1) is 0 Å². The van der Waals surface area contributed by atoms with Gasteiger partial charge >= 0.3 is 230 Å². The summed E-state index contributed by atoms with van der Waals surface area (Å²) >= 11 is 2.16. The Balaban J connectivity index is 1.52. The molecule has 10 heteroatoms. The molecular formula is C32H17N8OV. The maximum atomic E-state index is 5.70. The number of aromatic amines is 2. The van der Waals surface area contributed by atoms with Crippen LogP contribution in [0.25, 0.3) is 89.7 Å². The third-order valence-corrected chi connectivity index (χ3v) is 7.95. The summed E-state index contributed by atoms with van der Waals surface area (Å²) in [6.45, 7) is 0. The fraction of sp³-hybridized carbons (Fsp3) is 0. The fourth-order valence-electron chi connectivity index (χ4n) is 5.73. The van der Waals surface area contributed by atoms with Crippen molar-refractivity contribution in [3.8, 4) is 51.3 Å². The number of hydrogen-bond acceptors (Lipinski definition) is 7. The first-order valence-corrected chi connectivity index (χ1v) is 13.9. The summed E-state index contributed by atoms with van der Waals surface area (Å²) in [5.74, 6) is 2.91. The van der Waals surface area contributed by atoms with E-state index in [1.165, 1.54) is 0 Å². The molecule has 2 N–H and O–H groups in total. The molecule has 196 valence electrons. The topological polar surface area (TPSA) is 118 Å². The Labute approximate surface area is 247 Å². The molecule has 9 nitrogen and oxygen atoms in total. The monoisotopic (exact) mass is 580 g/mol. The molecular weight excluding hydrogens is 563 g/mol. The van der Waals surface area contributed by atoms with Gasteiger partial charge < -0.3 is 0 Å². The summed E-state index contributed by atoms with van der Waals surface area (Å²) in [5.41, 5.74) is 6.13. The van der Waals surface area contributed by atoms with Crippen LogP contribution in [0.15, 0.2) is 91.0 Å². The van der Waals surface area contributed by atoms with Gasteiger partial charge in [-0.05, 0) is 0 Å². The average molecular weight is 580 g/mol. The van der Waals surface area contributed by atoms with Crippen molar-refractivity contribution in [1.29, 1.82) is 0 Å². The van der Waals surface area contributed by atoms with E-state index in [1.807, 2.05) is 91.0 Å². The summed E-state index contributed by atoms with van der Waals surface area (Å²) < 4.78 is 5.70. The van der Waals surface area contributed by atoms with Crippen molar-refractivity contribution in [3.63, 3.8) is 0 Å². The molecule has 3 aromatic heterocycles. The Morgan fingerprint density at radius 1 is 0.429 bits per heavy atom. The van der Waals surface area contributed by atoms with Crippen molar-refractivity contribution < 1.29 is 21.4 Å². The standard InChI is InChI=1S/C32H18N8O.V/c41-23-15-7-14-22-24(23)32-39-30-21-13-6-5-12-20(21)28(37-30)35-26-17-9-2-1-8-16(17)25(33-26)34-27-18-10-3-4-11-19(18)29(36-27)38-31(22)40-32;/h1-15,41H,(H2,33,34,35,36,37,38,39,40);/q;+1/p-1. The van der Waals surface area contributed by atoms with Crippen LogP contribution in [-0.2, 0) is 17.8 Å². The first kappa shape index (κ1) is 23.3. The Morgan fingerprint density at radius 2 is 0.833 bits per heavy atom. The number of H-pyrrole nitrogens is 2. The first-order valence-electron chi connectivity index (χ1n) is 13.3. The molecule has 0 amide bonds. The molecule has 5 heterocycles. The van der Waals surface area contributed by atoms with E-state index in [9.17, 15) is 0 Å². The van der Waals surface area contributed by atoms with Crippen molar-refractivity contribution >= 4 is 44.1 Å². The van der Waals surface area contributed by atoms with Gasteiger partial charge in [-0.1, -0.05) is 18.2 Å². The molecule has 8 bridgehead atoms. The molecule has 9 rings (SSSR count). The van der Waals surface area contributed by atoms with E-state index in [2.05, 4.69) is 27.7 Å². The van der Waals surface area contributed by atoms with Crippen molar-refractivity contribution in [2.24, 2.45) is 0 Å². The van der Waals surface area contributed by atoms with E-state index < -0.39 is 0 Å². The molecule has 0 aliphatic carbocycles. The van der Waals surface area contributed by atoms with E-state index in [4.69, 9.17) is 33.6 Å². The third-order valence-electron chi connectivity index (χ3n) is 7.64. The van der Waals surface area contributed by atoms with E-state index in [-0.39, 0.29) is 0 Å². The van der Waals surface area contributed by atoms with Crippen molar-refractivity contribution in [2.75, 3.05) is 0 Å². The van der Waals surface area contributed by atoms with Gasteiger partial charge in [-0.2, -0.15) is 0 Å². The SMILES string of the molecule is [V][O]c1cccc2c3nc4nc(nc5[nH]c(nc6nc(nc([nH]3)c12)-c1ccccc1-6)c1ccccc51)-c1ccccc1-4. The second kappa shape index (κ2) is 8.81. The Hall–Kier alpha value is -5.38. The second-order valence-corrected chi connectivity index (χ2v) is 10.3. The molecule has 2 aliphatic rings. The molecule has 0 saturated heterocycles. The molecule has 0 fully saturated rings. The summed E-state index contributed by atoms with van der Waals surface area (Å²) in [4.78, 5) is 36.8. The van der Waals surface area contributed by atoms with Crippen LogP contribution >= 0.6 is 0 Å². The van der Waals surface area contributed by atoms with E-state index in [0.29, 0.717) is 51.6 Å². The molecule has 0 atom stereocenters. The molecule has 0 unspecified atom stereocenters. The summed E-state index contributed by atoms with van der Waals surface area (Å²) in [6, 6.07) is 29.8. The average Bonchev–Trinajstić information content (AvgIpc) is 3.76. The molecule has 42 heavy (non-hydrogen) atoms. The second-order valence-electron chi connectivity index (χ2n) is 10.0. The Morgan fingerprint density at radius 3 is 1.33 bits per heavy atom. The van der Waals surface area contributed by atoms with Crippen LogP contribution in [0, 0.1) is 0 Å². The number of hydrogen-bond donors (Lipinski definition) is 2. The molecule has 0 radical (unpaired) electrons. The van der Waals surface area contributed by atoms with E-state index in [1.54, 1.807) is 0 Å². The van der Waals surface area contributed by atoms with Gasteiger partial charge in [-0.25, -0.2) is 0 Å². The predicted octanol–water partition coefficient (Wildman–Crippen LogP) is 6.71. The zero-order chi connectivity index (χ0) is 27.8. The molecule has 0 spiro atoms. The molecule has 0 saturated carbocycles. The van der Waals surface area contributed by atoms with Gasteiger partial charge in [0.1, 0.15) is 0 Å². The first-order chi connectivity index (χ1) is 20.7. The van der Waals surface area contributed by atoms with Crippen LogP contribution in [0.3, 0.4) is 0 Å². The zero-order valence-corrected chi connectivity index (χ0v) is 23.1. The Kier molecular flexibility index (Phi) is 4.90. The summed E-state index contributed by atoms with van der Waals surface area (Å²) in [7, 11) is 0. The van der Waals surface area contributed by atoms with Crippen molar-refractivity contribution in [2.45, 2.75) is 0 Å². The minimum absolute atomic E-state index is 0.548. The van der Waals surface area contributed by atoms with Crippen LogP contribution in [0.5, 0.6) is 5.75 Å². The number of fused-ring (bicyclic) bond motifs is 20. The Bertz CT molecular complexity index is 2420. The van der Waals surface area contributed by atoms with Crippen LogP contribution < -0.4 is 3.66 Å². The predicted molar refractivity (Wildman–Crippen MR) is 157 cm³/mol. The van der Waals surface area contributed by atoms with Crippen LogP contribution in [0.2, 0.25) is 0 Å². The van der Waals surface area contributed by atoms with Gasteiger partial charge in [0.25, 0.3) is 0 Å². The van der Waals surface area contributed by atoms with Gasteiger partial charge in [0.15, 0.2) is 0 Å². The zero-order valence-electron chi connectivity index (χ0n) is 21.7. The van der Waals surface area contributed by atoms with Crippen molar-refractivity contribution in [1.82, 2.24) is 39.9 Å². The van der Waals surface area contributed by atoms with Crippen LogP contribution in [0.1, 0.15) is 0 Å².